The number of anilines is 1. The summed E-state index contributed by atoms with van der Waals surface area (Å²) in [4.78, 5) is 19.3. The van der Waals surface area contributed by atoms with Gasteiger partial charge in [-0.1, -0.05) is 24.3 Å². The number of fused-ring (bicyclic) bond motifs is 1. The number of alkyl halides is 2. The zero-order valence-electron chi connectivity index (χ0n) is 14.6. The van der Waals surface area contributed by atoms with Gasteiger partial charge >= 0.3 is 0 Å². The highest BCUT2D eigenvalue weighted by Gasteiger charge is 2.15. The van der Waals surface area contributed by atoms with E-state index < -0.39 is 6.43 Å². The number of hydrogen-bond donors (Lipinski definition) is 0. The van der Waals surface area contributed by atoms with Crippen molar-refractivity contribution < 1.29 is 18.3 Å². The highest BCUT2D eigenvalue weighted by atomic mass is 19.3. The molecule has 0 spiro atoms. The Kier molecular flexibility index (Phi) is 4.85. The van der Waals surface area contributed by atoms with Gasteiger partial charge in [0, 0.05) is 36.8 Å². The summed E-state index contributed by atoms with van der Waals surface area (Å²) in [7, 11) is 0. The highest BCUT2D eigenvalue weighted by Crippen LogP contribution is 2.21. The smallest absolute Gasteiger partial charge is 0.263 e. The molecule has 0 bridgehead atoms. The standard InChI is InChI=1S/C20H19F2N3O2/c21-20(22)16-3-1-2-15(11-16)17(26)10-14-4-5-18-23-19(13-25(18)12-14)24-6-8-27-9-7-24/h1-5,11-13,20H,6-10H2. The van der Waals surface area contributed by atoms with Crippen LogP contribution in [0.15, 0.2) is 48.8 Å². The zero-order valence-corrected chi connectivity index (χ0v) is 14.6. The monoisotopic (exact) mass is 371 g/mol. The van der Waals surface area contributed by atoms with Crippen LogP contribution < -0.4 is 4.90 Å². The van der Waals surface area contributed by atoms with Crippen LogP contribution in [0.5, 0.6) is 0 Å². The number of benzene rings is 1. The van der Waals surface area contributed by atoms with Crippen molar-refractivity contribution in [2.75, 3.05) is 31.2 Å². The number of pyridine rings is 1. The molecule has 27 heavy (non-hydrogen) atoms. The second kappa shape index (κ2) is 7.44. The largest absolute Gasteiger partial charge is 0.378 e. The number of carbonyl (C=O) groups excluding carboxylic acids is 1. The number of halogens is 2. The van der Waals surface area contributed by atoms with Crippen LogP contribution in [-0.2, 0) is 11.2 Å². The van der Waals surface area contributed by atoms with Gasteiger partial charge in [-0.25, -0.2) is 13.8 Å². The molecule has 1 saturated heterocycles. The highest BCUT2D eigenvalue weighted by molar-refractivity contribution is 5.97. The second-order valence-corrected chi connectivity index (χ2v) is 6.53. The van der Waals surface area contributed by atoms with Gasteiger partial charge in [0.2, 0.25) is 0 Å². The molecule has 0 amide bonds. The quantitative estimate of drug-likeness (QED) is 0.644. The first-order valence-corrected chi connectivity index (χ1v) is 8.82. The molecule has 7 heteroatoms. The first kappa shape index (κ1) is 17.6. The molecule has 0 aliphatic carbocycles. The Hall–Kier alpha value is -2.80. The van der Waals surface area contributed by atoms with Crippen molar-refractivity contribution in [3.05, 3.63) is 65.5 Å². The molecule has 0 saturated carbocycles. The van der Waals surface area contributed by atoms with E-state index >= 15 is 0 Å². The predicted molar refractivity (Wildman–Crippen MR) is 97.7 cm³/mol. The number of carbonyl (C=O) groups is 1. The lowest BCUT2D eigenvalue weighted by Gasteiger charge is -2.26. The van der Waals surface area contributed by atoms with Crippen LogP contribution in [-0.4, -0.2) is 41.5 Å². The van der Waals surface area contributed by atoms with E-state index in [9.17, 15) is 13.6 Å². The number of morpholine rings is 1. The lowest BCUT2D eigenvalue weighted by molar-refractivity contribution is 0.0992. The fourth-order valence-electron chi connectivity index (χ4n) is 3.21. The maximum Gasteiger partial charge on any atom is 0.263 e. The van der Waals surface area contributed by atoms with Gasteiger partial charge in [-0.05, 0) is 17.7 Å². The number of imidazole rings is 1. The summed E-state index contributed by atoms with van der Waals surface area (Å²) in [6, 6.07) is 9.36. The first-order chi connectivity index (χ1) is 13.1. The zero-order chi connectivity index (χ0) is 18.8. The molecule has 1 aromatic carbocycles. The molecule has 3 aromatic rings. The molecule has 3 heterocycles. The summed E-state index contributed by atoms with van der Waals surface area (Å²) in [5.41, 5.74) is 1.77. The van der Waals surface area contributed by atoms with Crippen LogP contribution in [0.25, 0.3) is 5.65 Å². The van der Waals surface area contributed by atoms with Crippen LogP contribution in [0, 0.1) is 0 Å². The van der Waals surface area contributed by atoms with E-state index in [0.717, 1.165) is 30.1 Å². The molecule has 1 fully saturated rings. The van der Waals surface area contributed by atoms with Crippen LogP contribution in [0.3, 0.4) is 0 Å². The first-order valence-electron chi connectivity index (χ1n) is 8.82. The molecule has 140 valence electrons. The van der Waals surface area contributed by atoms with E-state index in [2.05, 4.69) is 9.88 Å². The molecule has 1 aliphatic heterocycles. The maximum absolute atomic E-state index is 12.8. The van der Waals surface area contributed by atoms with E-state index in [4.69, 9.17) is 4.74 Å². The molecule has 0 atom stereocenters. The van der Waals surface area contributed by atoms with Gasteiger partial charge < -0.3 is 14.0 Å². The number of Topliss-reactive ketones (excluding diaryl/α,β-unsaturated/α-hetero) is 1. The molecule has 1 aliphatic rings. The van der Waals surface area contributed by atoms with Crippen molar-refractivity contribution >= 4 is 17.2 Å². The van der Waals surface area contributed by atoms with Crippen LogP contribution in [0.2, 0.25) is 0 Å². The Morgan fingerprint density at radius 2 is 1.96 bits per heavy atom. The molecule has 5 nitrogen and oxygen atoms in total. The van der Waals surface area contributed by atoms with Crippen molar-refractivity contribution in [2.45, 2.75) is 12.8 Å². The third-order valence-corrected chi connectivity index (χ3v) is 4.66. The number of hydrogen-bond acceptors (Lipinski definition) is 4. The number of ether oxygens (including phenoxy) is 1. The summed E-state index contributed by atoms with van der Waals surface area (Å²) in [5, 5.41) is 0. The summed E-state index contributed by atoms with van der Waals surface area (Å²) < 4.78 is 32.9. The SMILES string of the molecule is O=C(Cc1ccc2nc(N3CCOCC3)cn2c1)c1cccc(C(F)F)c1. The van der Waals surface area contributed by atoms with Gasteiger partial charge in [0.25, 0.3) is 6.43 Å². The van der Waals surface area contributed by atoms with E-state index in [1.165, 1.54) is 18.2 Å². The Morgan fingerprint density at radius 1 is 1.15 bits per heavy atom. The Bertz CT molecular complexity index is 965. The summed E-state index contributed by atoms with van der Waals surface area (Å²) in [6.07, 6.45) is 1.36. The molecular weight excluding hydrogens is 352 g/mol. The Balaban J connectivity index is 1.53. The second-order valence-electron chi connectivity index (χ2n) is 6.53. The van der Waals surface area contributed by atoms with Crippen molar-refractivity contribution in [1.29, 1.82) is 0 Å². The summed E-state index contributed by atoms with van der Waals surface area (Å²) in [6.45, 7) is 2.97. The molecule has 4 rings (SSSR count). The van der Waals surface area contributed by atoms with Crippen LogP contribution in [0.1, 0.15) is 27.9 Å². The third kappa shape index (κ3) is 3.83. The van der Waals surface area contributed by atoms with Crippen molar-refractivity contribution in [3.63, 3.8) is 0 Å². The van der Waals surface area contributed by atoms with Gasteiger partial charge in [-0.3, -0.25) is 4.79 Å². The number of aromatic nitrogens is 2. The summed E-state index contributed by atoms with van der Waals surface area (Å²) in [5.74, 6) is 0.691. The van der Waals surface area contributed by atoms with E-state index in [-0.39, 0.29) is 17.8 Å². The lowest BCUT2D eigenvalue weighted by atomic mass is 10.0. The summed E-state index contributed by atoms with van der Waals surface area (Å²) >= 11 is 0. The van der Waals surface area contributed by atoms with Crippen molar-refractivity contribution in [1.82, 2.24) is 9.38 Å². The third-order valence-electron chi connectivity index (χ3n) is 4.66. The van der Waals surface area contributed by atoms with Crippen molar-refractivity contribution in [3.8, 4) is 0 Å². The minimum Gasteiger partial charge on any atom is -0.378 e. The lowest BCUT2D eigenvalue weighted by Crippen LogP contribution is -2.36. The fraction of sp³-hybridized carbons (Fsp3) is 0.300. The minimum atomic E-state index is -2.58. The minimum absolute atomic E-state index is 0.138. The van der Waals surface area contributed by atoms with Crippen LogP contribution in [0.4, 0.5) is 14.6 Å². The van der Waals surface area contributed by atoms with Crippen LogP contribution >= 0.6 is 0 Å². The van der Waals surface area contributed by atoms with E-state index in [1.807, 2.05) is 28.9 Å². The Morgan fingerprint density at radius 3 is 2.74 bits per heavy atom. The molecule has 0 radical (unpaired) electrons. The number of rotatable bonds is 5. The predicted octanol–water partition coefficient (Wildman–Crippen LogP) is 3.53. The van der Waals surface area contributed by atoms with Gasteiger partial charge in [-0.2, -0.15) is 0 Å². The van der Waals surface area contributed by atoms with Gasteiger partial charge in [0.15, 0.2) is 5.78 Å². The Labute approximate surface area is 155 Å². The van der Waals surface area contributed by atoms with Gasteiger partial charge in [0.05, 0.1) is 19.4 Å². The van der Waals surface area contributed by atoms with Gasteiger partial charge in [-0.15, -0.1) is 0 Å². The van der Waals surface area contributed by atoms with Crippen molar-refractivity contribution in [2.24, 2.45) is 0 Å². The molecular formula is C20H19F2N3O2. The normalized spacial score (nSPS) is 14.9. The van der Waals surface area contributed by atoms with E-state index in [0.29, 0.717) is 18.8 Å². The molecule has 0 unspecified atom stereocenters. The molecule has 0 N–H and O–H groups in total. The number of nitrogens with zero attached hydrogens (tertiary/aromatic N) is 3. The topological polar surface area (TPSA) is 46.8 Å². The van der Waals surface area contributed by atoms with Gasteiger partial charge in [0.1, 0.15) is 11.5 Å². The molecule has 2 aromatic heterocycles. The fourth-order valence-corrected chi connectivity index (χ4v) is 3.21. The van der Waals surface area contributed by atoms with E-state index in [1.54, 1.807) is 6.07 Å². The average Bonchev–Trinajstić information content (AvgIpc) is 3.12. The maximum atomic E-state index is 12.8. The number of ketones is 1. The average molecular weight is 371 g/mol.